The van der Waals surface area contributed by atoms with Gasteiger partial charge in [-0.1, -0.05) is 97.1 Å². The van der Waals surface area contributed by atoms with Gasteiger partial charge in [-0.3, -0.25) is 14.6 Å². The maximum absolute atomic E-state index is 15.8. The smallest absolute Gasteiger partial charge is 0.194 e. The lowest BCUT2D eigenvalue weighted by Gasteiger charge is -2.22. The zero-order chi connectivity index (χ0) is 43.5. The van der Waals surface area contributed by atoms with E-state index < -0.39 is 0 Å². The minimum atomic E-state index is -0.112. The minimum Gasteiger partial charge on any atom is -0.490 e. The summed E-state index contributed by atoms with van der Waals surface area (Å²) in [6.07, 6.45) is 0. The normalized spacial score (nSPS) is 11.5. The highest BCUT2D eigenvalue weighted by Gasteiger charge is 2.32. The summed E-state index contributed by atoms with van der Waals surface area (Å²) in [5.74, 6) is 2.85. The highest BCUT2D eigenvalue weighted by Crippen LogP contribution is 2.48. The molecule has 2 heterocycles. The molecule has 0 amide bonds. The molecule has 0 aliphatic heterocycles. The van der Waals surface area contributed by atoms with Crippen LogP contribution in [0.3, 0.4) is 0 Å². The first kappa shape index (κ1) is 47.8. The van der Waals surface area contributed by atoms with Crippen LogP contribution in [0.25, 0.3) is 44.2 Å². The van der Waals surface area contributed by atoms with Crippen molar-refractivity contribution in [2.24, 2.45) is 0 Å². The maximum Gasteiger partial charge on any atom is 0.194 e. The summed E-state index contributed by atoms with van der Waals surface area (Å²) in [6, 6.07) is 40.9. The fourth-order valence-corrected chi connectivity index (χ4v) is 12.5. The van der Waals surface area contributed by atoms with Crippen LogP contribution in [0.2, 0.25) is 0 Å². The molecule has 0 aliphatic carbocycles. The molecule has 0 spiro atoms. The Kier molecular flexibility index (Phi) is 16.2. The van der Waals surface area contributed by atoms with Crippen molar-refractivity contribution in [1.29, 1.82) is 0 Å². The van der Waals surface area contributed by atoms with Crippen molar-refractivity contribution in [3.63, 3.8) is 0 Å². The van der Waals surface area contributed by atoms with Gasteiger partial charge in [0.05, 0.1) is 14.3 Å². The van der Waals surface area contributed by atoms with E-state index >= 15 is 4.79 Å². The average Bonchev–Trinajstić information content (AvgIpc) is 3.77. The predicted octanol–water partition coefficient (Wildman–Crippen LogP) is 14.2. The molecule has 12 heteroatoms. The number of carbonyl (C=O) groups is 1. The van der Waals surface area contributed by atoms with Gasteiger partial charge in [-0.05, 0) is 154 Å². The Bertz CT molecular complexity index is 2700. The predicted molar refractivity (Wildman–Crippen MR) is 291 cm³/mol. The van der Waals surface area contributed by atoms with Crippen LogP contribution in [-0.2, 0) is 13.1 Å². The molecular formula is C51H45ClI4N2O5. The Morgan fingerprint density at radius 1 is 0.540 bits per heavy atom. The van der Waals surface area contributed by atoms with Crippen molar-refractivity contribution in [3.8, 4) is 33.8 Å². The van der Waals surface area contributed by atoms with E-state index in [9.17, 15) is 0 Å². The number of benzene rings is 6. The van der Waals surface area contributed by atoms with Gasteiger partial charge in [0, 0.05) is 70.3 Å². The van der Waals surface area contributed by atoms with E-state index in [0.29, 0.717) is 24.3 Å². The molecule has 0 bridgehead atoms. The van der Waals surface area contributed by atoms with Gasteiger partial charge in [-0.25, -0.2) is 0 Å². The lowest BCUT2D eigenvalue weighted by molar-refractivity contribution is 0.103. The molecule has 0 unspecified atom stereocenters. The van der Waals surface area contributed by atoms with Crippen molar-refractivity contribution in [3.05, 3.63) is 169 Å². The van der Waals surface area contributed by atoms with Crippen LogP contribution < -0.4 is 9.47 Å². The van der Waals surface area contributed by atoms with Crippen molar-refractivity contribution in [2.75, 3.05) is 40.4 Å². The molecule has 8 aromatic rings. The number of furan rings is 2. The zero-order valence-electron chi connectivity index (χ0n) is 35.1. The molecule has 63 heavy (non-hydrogen) atoms. The summed E-state index contributed by atoms with van der Waals surface area (Å²) in [5.41, 5.74) is 8.50. The Morgan fingerprint density at radius 3 is 1.30 bits per heavy atom. The Morgan fingerprint density at radius 2 is 0.905 bits per heavy atom. The van der Waals surface area contributed by atoms with Crippen LogP contribution in [0.5, 0.6) is 11.5 Å². The third kappa shape index (κ3) is 10.4. The standard InChI is InChI=1S/C51H44I4N2O5.ClH/c1-31-43(35-19-11-13-21-41(35)61-31)45-37(27-39(52)50(47(45)54)59-25-23-56(3)29-33-15-7-5-8-16-33)49(58)38-28-40(53)51(60-26-24-57(4)30-34-17-9-6-10-18-34)48(55)46(38)44-32(2)62-42-22-14-12-20-36(42)44;/h5-22,27-28H,23-26,29-30H2,1-4H3;1H. The van der Waals surface area contributed by atoms with Gasteiger partial charge in [-0.2, -0.15) is 0 Å². The van der Waals surface area contributed by atoms with Crippen molar-refractivity contribution >= 4 is 130 Å². The van der Waals surface area contributed by atoms with E-state index in [2.05, 4.69) is 175 Å². The maximum atomic E-state index is 15.8. The van der Waals surface area contributed by atoms with Crippen molar-refractivity contribution in [1.82, 2.24) is 9.80 Å². The number of hydrogen-bond acceptors (Lipinski definition) is 7. The molecule has 0 saturated carbocycles. The highest BCUT2D eigenvalue weighted by atomic mass is 127. The van der Waals surface area contributed by atoms with Gasteiger partial charge in [0.15, 0.2) is 5.78 Å². The van der Waals surface area contributed by atoms with Crippen LogP contribution in [0.1, 0.15) is 38.6 Å². The number of nitrogens with zero attached hydrogens (tertiary/aromatic N) is 2. The quantitative estimate of drug-likeness (QED) is 0.0705. The molecule has 2 aromatic heterocycles. The minimum absolute atomic E-state index is 0. The lowest BCUT2D eigenvalue weighted by Crippen LogP contribution is -2.24. The van der Waals surface area contributed by atoms with Crippen LogP contribution in [0.15, 0.2) is 130 Å². The Labute approximate surface area is 429 Å². The fourth-order valence-electron chi connectivity index (χ4n) is 7.97. The second kappa shape index (κ2) is 21.4. The Balaban J connectivity index is 0.00000595. The SMILES string of the molecule is Cc1oc2ccccc2c1-c1c(C(=O)c2cc(I)c(OCCN(C)Cc3ccccc3)c(I)c2-c2c(C)oc3ccccc23)cc(I)c(OCCN(C)Cc2ccccc2)c1I.Cl. The fraction of sp³-hybridized carbons (Fsp3) is 0.196. The number of fused-ring (bicyclic) bond motifs is 2. The number of hydrogen-bond donors (Lipinski definition) is 0. The third-order valence-corrected chi connectivity index (χ3v) is 14.6. The van der Waals surface area contributed by atoms with Gasteiger partial charge < -0.3 is 18.3 Å². The van der Waals surface area contributed by atoms with Gasteiger partial charge in [0.2, 0.25) is 0 Å². The van der Waals surface area contributed by atoms with Crippen LogP contribution in [0.4, 0.5) is 0 Å². The summed E-state index contributed by atoms with van der Waals surface area (Å²) < 4.78 is 29.5. The number of carbonyl (C=O) groups excluding carboxylic acids is 1. The second-order valence-corrected chi connectivity index (χ2v) is 19.9. The molecule has 0 atom stereocenters. The summed E-state index contributed by atoms with van der Waals surface area (Å²) in [4.78, 5) is 20.3. The Hall–Kier alpha value is -3.20. The van der Waals surface area contributed by atoms with Crippen LogP contribution in [0, 0.1) is 28.1 Å². The molecule has 6 aromatic carbocycles. The van der Waals surface area contributed by atoms with Gasteiger partial charge in [0.1, 0.15) is 47.4 Å². The number of aryl methyl sites for hydroxylation is 2. The molecule has 0 radical (unpaired) electrons. The highest BCUT2D eigenvalue weighted by molar-refractivity contribution is 14.1. The number of rotatable bonds is 16. The molecule has 324 valence electrons. The van der Waals surface area contributed by atoms with Crippen molar-refractivity contribution < 1.29 is 23.1 Å². The molecule has 7 nitrogen and oxygen atoms in total. The molecule has 8 rings (SSSR count). The number of ketones is 1. The summed E-state index contributed by atoms with van der Waals surface area (Å²) in [6.45, 7) is 7.97. The van der Waals surface area contributed by atoms with Gasteiger partial charge in [-0.15, -0.1) is 12.4 Å². The van der Waals surface area contributed by atoms with Crippen LogP contribution in [-0.4, -0.2) is 56.0 Å². The number of para-hydroxylation sites is 2. The molecular weight excluding hydrogens is 1260 g/mol. The zero-order valence-corrected chi connectivity index (χ0v) is 44.6. The van der Waals surface area contributed by atoms with Gasteiger partial charge in [0.25, 0.3) is 0 Å². The second-order valence-electron chi connectivity index (χ2n) is 15.4. The first-order valence-electron chi connectivity index (χ1n) is 20.3. The van der Waals surface area contributed by atoms with Gasteiger partial charge >= 0.3 is 0 Å². The van der Waals surface area contributed by atoms with E-state index in [4.69, 9.17) is 18.3 Å². The largest absolute Gasteiger partial charge is 0.490 e. The van der Waals surface area contributed by atoms with E-state index in [1.807, 2.05) is 74.5 Å². The number of likely N-dealkylation sites (N-methyl/N-ethyl adjacent to an activating group) is 2. The number of ether oxygens (including phenoxy) is 2. The van der Waals surface area contributed by atoms with E-state index in [0.717, 1.165) is 108 Å². The summed E-state index contributed by atoms with van der Waals surface area (Å²) in [5, 5.41) is 1.88. The first-order chi connectivity index (χ1) is 30.0. The monoisotopic (exact) mass is 1310 g/mol. The van der Waals surface area contributed by atoms with E-state index in [-0.39, 0.29) is 18.2 Å². The summed E-state index contributed by atoms with van der Waals surface area (Å²) in [7, 11) is 4.21. The lowest BCUT2D eigenvalue weighted by atomic mass is 9.88. The topological polar surface area (TPSA) is 68.3 Å². The summed E-state index contributed by atoms with van der Waals surface area (Å²) >= 11 is 9.39. The molecule has 0 aliphatic rings. The molecule has 0 fully saturated rings. The number of halogens is 5. The average molecular weight is 1310 g/mol. The first-order valence-corrected chi connectivity index (χ1v) is 24.6. The van der Waals surface area contributed by atoms with E-state index in [1.165, 1.54) is 11.1 Å². The van der Waals surface area contributed by atoms with E-state index in [1.54, 1.807) is 0 Å². The molecule has 0 saturated heterocycles. The third-order valence-electron chi connectivity index (χ3n) is 10.9. The van der Waals surface area contributed by atoms with Crippen molar-refractivity contribution in [2.45, 2.75) is 26.9 Å². The van der Waals surface area contributed by atoms with Crippen LogP contribution >= 0.6 is 103 Å². The molecule has 0 N–H and O–H groups in total.